The molecule has 8 heteroatoms. The van der Waals surface area contributed by atoms with Crippen LogP contribution in [0.3, 0.4) is 0 Å². The maximum atomic E-state index is 13.5. The largest absolute Gasteiger partial charge is 0.372 e. The van der Waals surface area contributed by atoms with Gasteiger partial charge in [0.1, 0.15) is 12.4 Å². The Bertz CT molecular complexity index is 966. The van der Waals surface area contributed by atoms with Crippen molar-refractivity contribution < 1.29 is 14.1 Å². The Morgan fingerprint density at radius 3 is 2.20 bits per heavy atom. The minimum atomic E-state index is -0.115. The maximum Gasteiger partial charge on any atom is 0.321 e. The topological polar surface area (TPSA) is 72.0 Å². The maximum absolute atomic E-state index is 13.5. The number of nitrogens with zero attached hydrogens (tertiary/aromatic N) is 3. The van der Waals surface area contributed by atoms with Crippen LogP contribution in [0.25, 0.3) is 0 Å². The number of rotatable bonds is 7. The molecular weight excluding hydrogens is 416 g/mol. The molecule has 0 unspecified atom stereocenters. The van der Waals surface area contributed by atoms with Crippen LogP contribution in [0, 0.1) is 0 Å². The standard InChI is InChI=1S/C22H25N4O2S2/c1-23-20-12-18-13-26(9-6-19(18)24-25-20,21(27)4-2-16-7-10-29-14-16)22(28)5-3-17-8-11-30-15-17/h7-8,10-12,14-15H,2-6,9,13H2,1H3,(H,23,25)/q+1. The van der Waals surface area contributed by atoms with Crippen LogP contribution in [0.2, 0.25) is 0 Å². The Balaban J connectivity index is 1.58. The van der Waals surface area contributed by atoms with Crippen LogP contribution in [-0.4, -0.2) is 40.1 Å². The van der Waals surface area contributed by atoms with Gasteiger partial charge in [0.25, 0.3) is 0 Å². The zero-order chi connectivity index (χ0) is 21.0. The molecule has 4 rings (SSSR count). The van der Waals surface area contributed by atoms with Gasteiger partial charge in [-0.1, -0.05) is 0 Å². The molecule has 4 heterocycles. The number of anilines is 1. The van der Waals surface area contributed by atoms with Crippen molar-refractivity contribution in [2.75, 3.05) is 18.9 Å². The molecule has 3 aromatic rings. The molecule has 0 spiro atoms. The molecule has 3 aromatic heterocycles. The molecule has 1 aliphatic rings. The van der Waals surface area contributed by atoms with Crippen molar-refractivity contribution in [1.29, 1.82) is 0 Å². The third kappa shape index (κ3) is 4.35. The molecule has 0 atom stereocenters. The smallest absolute Gasteiger partial charge is 0.321 e. The highest BCUT2D eigenvalue weighted by Crippen LogP contribution is 2.29. The second-order valence-electron chi connectivity index (χ2n) is 7.60. The first-order valence-corrected chi connectivity index (χ1v) is 12.0. The molecule has 0 radical (unpaired) electrons. The van der Waals surface area contributed by atoms with E-state index in [4.69, 9.17) is 0 Å². The van der Waals surface area contributed by atoms with Crippen LogP contribution in [0.15, 0.2) is 39.7 Å². The molecule has 6 nitrogen and oxygen atoms in total. The number of carbonyl (C=O) groups is 2. The Morgan fingerprint density at radius 1 is 1.03 bits per heavy atom. The zero-order valence-corrected chi connectivity index (χ0v) is 18.6. The summed E-state index contributed by atoms with van der Waals surface area (Å²) in [7, 11) is 1.79. The van der Waals surface area contributed by atoms with E-state index in [0.717, 1.165) is 22.4 Å². The third-order valence-corrected chi connectivity index (χ3v) is 7.22. The number of thiophene rings is 2. The van der Waals surface area contributed by atoms with Crippen LogP contribution >= 0.6 is 22.7 Å². The van der Waals surface area contributed by atoms with Crippen molar-refractivity contribution in [3.8, 4) is 0 Å². The molecule has 0 aliphatic carbocycles. The second-order valence-corrected chi connectivity index (χ2v) is 9.16. The van der Waals surface area contributed by atoms with E-state index in [-0.39, 0.29) is 16.3 Å². The van der Waals surface area contributed by atoms with Gasteiger partial charge in [-0.25, -0.2) is 9.59 Å². The third-order valence-electron chi connectivity index (χ3n) is 5.76. The van der Waals surface area contributed by atoms with E-state index in [1.165, 1.54) is 0 Å². The van der Waals surface area contributed by atoms with Gasteiger partial charge >= 0.3 is 11.8 Å². The minimum Gasteiger partial charge on any atom is -0.372 e. The van der Waals surface area contributed by atoms with Gasteiger partial charge in [0.15, 0.2) is 0 Å². The number of nitrogens with one attached hydrogen (secondary N) is 1. The average Bonchev–Trinajstić information content (AvgIpc) is 3.49. The predicted molar refractivity (Wildman–Crippen MR) is 119 cm³/mol. The van der Waals surface area contributed by atoms with Crippen molar-refractivity contribution in [1.82, 2.24) is 10.2 Å². The molecule has 0 aromatic carbocycles. The van der Waals surface area contributed by atoms with Gasteiger partial charge in [-0.2, -0.15) is 32.3 Å². The molecule has 0 bridgehead atoms. The number of hydrogen-bond donors (Lipinski definition) is 1. The first-order valence-electron chi connectivity index (χ1n) is 10.1. The summed E-state index contributed by atoms with van der Waals surface area (Å²) in [6, 6.07) is 6.01. The highest BCUT2D eigenvalue weighted by molar-refractivity contribution is 7.08. The van der Waals surface area contributed by atoms with Crippen LogP contribution in [0.5, 0.6) is 0 Å². The summed E-state index contributed by atoms with van der Waals surface area (Å²) in [5, 5.41) is 19.6. The Morgan fingerprint density at radius 2 is 1.67 bits per heavy atom. The minimum absolute atomic E-state index is 0.00462. The number of carbonyl (C=O) groups excluding carboxylic acids is 2. The monoisotopic (exact) mass is 441 g/mol. The lowest BCUT2D eigenvalue weighted by Gasteiger charge is -2.37. The van der Waals surface area contributed by atoms with Gasteiger partial charge < -0.3 is 5.32 Å². The van der Waals surface area contributed by atoms with E-state index in [1.54, 1.807) is 29.7 Å². The van der Waals surface area contributed by atoms with Crippen molar-refractivity contribution in [3.63, 3.8) is 0 Å². The Hall–Kier alpha value is -2.42. The first-order chi connectivity index (χ1) is 14.6. The predicted octanol–water partition coefficient (Wildman–Crippen LogP) is 3.83. The van der Waals surface area contributed by atoms with E-state index in [1.807, 2.05) is 29.0 Å². The van der Waals surface area contributed by atoms with Gasteiger partial charge in [-0.3, -0.25) is 0 Å². The van der Waals surface area contributed by atoms with E-state index < -0.39 is 0 Å². The molecule has 0 saturated carbocycles. The number of aromatic nitrogens is 2. The van der Waals surface area contributed by atoms with Crippen molar-refractivity contribution in [2.24, 2.45) is 0 Å². The summed E-state index contributed by atoms with van der Waals surface area (Å²) >= 11 is 3.26. The van der Waals surface area contributed by atoms with E-state index in [2.05, 4.69) is 26.3 Å². The summed E-state index contributed by atoms with van der Waals surface area (Å²) in [6.45, 7) is 0.829. The Labute approximate surface area is 184 Å². The fourth-order valence-corrected chi connectivity index (χ4v) is 5.36. The molecule has 2 amide bonds. The summed E-state index contributed by atoms with van der Waals surface area (Å²) in [5.74, 6) is 0.667. The molecule has 30 heavy (non-hydrogen) atoms. The van der Waals surface area contributed by atoms with Crippen LogP contribution in [0.4, 0.5) is 5.82 Å². The molecular formula is C22H25N4O2S2+. The number of imide groups is 1. The molecule has 156 valence electrons. The molecule has 1 aliphatic heterocycles. The van der Waals surface area contributed by atoms with Gasteiger partial charge in [0.2, 0.25) is 0 Å². The van der Waals surface area contributed by atoms with Crippen molar-refractivity contribution in [2.45, 2.75) is 38.6 Å². The number of quaternary nitrogens is 1. The van der Waals surface area contributed by atoms with Gasteiger partial charge in [0, 0.05) is 19.0 Å². The van der Waals surface area contributed by atoms with Crippen molar-refractivity contribution in [3.05, 3.63) is 62.1 Å². The van der Waals surface area contributed by atoms with E-state index in [9.17, 15) is 9.59 Å². The number of aryl methyl sites for hydroxylation is 2. The fourth-order valence-electron chi connectivity index (χ4n) is 3.96. The molecule has 1 N–H and O–H groups in total. The number of amides is 2. The highest BCUT2D eigenvalue weighted by Gasteiger charge is 2.46. The normalized spacial score (nSPS) is 14.8. The fraction of sp³-hybridized carbons (Fsp3) is 0.364. The van der Waals surface area contributed by atoms with Crippen LogP contribution < -0.4 is 5.32 Å². The van der Waals surface area contributed by atoms with Crippen LogP contribution in [-0.2, 0) is 35.4 Å². The average molecular weight is 442 g/mol. The van der Waals surface area contributed by atoms with Gasteiger partial charge in [0.05, 0.1) is 25.1 Å². The van der Waals surface area contributed by atoms with Gasteiger partial charge in [-0.05, 0) is 63.7 Å². The number of hydrogen-bond acceptors (Lipinski definition) is 7. The van der Waals surface area contributed by atoms with Crippen molar-refractivity contribution >= 4 is 40.3 Å². The highest BCUT2D eigenvalue weighted by atomic mass is 32.1. The second kappa shape index (κ2) is 9.16. The van der Waals surface area contributed by atoms with Crippen LogP contribution in [0.1, 0.15) is 35.2 Å². The summed E-state index contributed by atoms with van der Waals surface area (Å²) in [5.41, 5.74) is 4.13. The molecule has 0 saturated heterocycles. The lowest BCUT2D eigenvalue weighted by Crippen LogP contribution is -2.59. The SMILES string of the molecule is CNc1cc2c(nn1)CC[N+](C(=O)CCc1ccsc1)(C(=O)CCc1ccsc1)C2. The van der Waals surface area contributed by atoms with E-state index in [0.29, 0.717) is 51.0 Å². The summed E-state index contributed by atoms with van der Waals surface area (Å²) in [4.78, 5) is 27.0. The lowest BCUT2D eigenvalue weighted by molar-refractivity contribution is -0.796. The lowest BCUT2D eigenvalue weighted by atomic mass is 9.99. The molecule has 0 fully saturated rings. The quantitative estimate of drug-likeness (QED) is 0.564. The van der Waals surface area contributed by atoms with E-state index >= 15 is 0 Å². The first kappa shape index (κ1) is 20.8. The number of fused-ring (bicyclic) bond motifs is 1. The van der Waals surface area contributed by atoms with Gasteiger partial charge in [-0.15, -0.1) is 5.10 Å². The zero-order valence-electron chi connectivity index (χ0n) is 17.0. The summed E-state index contributed by atoms with van der Waals surface area (Å²) < 4.78 is -0.115. The Kier molecular flexibility index (Phi) is 6.36. The summed E-state index contributed by atoms with van der Waals surface area (Å²) in [6.07, 6.45) is 2.66.